The van der Waals surface area contributed by atoms with Crippen LogP contribution in [-0.4, -0.2) is 31.6 Å². The van der Waals surface area contributed by atoms with Crippen LogP contribution in [0.5, 0.6) is 17.2 Å². The molecular formula is C57H54N2O6S. The molecule has 0 aliphatic rings. The van der Waals surface area contributed by atoms with E-state index in [1.165, 1.54) is 0 Å². The molecule has 0 aliphatic heterocycles. The van der Waals surface area contributed by atoms with E-state index in [0.717, 1.165) is 50.4 Å². The summed E-state index contributed by atoms with van der Waals surface area (Å²) < 4.78 is 49.1. The first kappa shape index (κ1) is 45.4. The lowest BCUT2D eigenvalue weighted by molar-refractivity contribution is 0.114. The van der Waals surface area contributed by atoms with E-state index >= 15 is 0 Å². The number of aliphatic hydroxyl groups excluding tert-OH is 1. The third-order valence-corrected chi connectivity index (χ3v) is 12.9. The zero-order valence-corrected chi connectivity index (χ0v) is 37.5. The number of nitrogens with one attached hydrogen (secondary N) is 1. The molecule has 8 rings (SSSR count). The Morgan fingerprint density at radius 3 is 1.38 bits per heavy atom. The summed E-state index contributed by atoms with van der Waals surface area (Å²) in [5.41, 5.74) is 7.49. The van der Waals surface area contributed by atoms with Gasteiger partial charge in [0, 0.05) is 19.0 Å². The standard InChI is InChI=1S/C57H54N2O6S/c60-40-56(50-30-35-57(65-43-47-22-12-4-13-23-47)55(38-50)58-66(61,62)53-24-14-5-15-25-53)59(39-44-16-6-1-7-17-44)37-36-54(48-26-31-51(32-27-48)63-41-45-18-8-2-9-19-45)49-28-33-52(34-29-49)64-42-46-20-10-3-11-21-46/h1-35,38,54,56,58,60H,36-37,39-43H2/t56-/m0/s1. The second-order valence-electron chi connectivity index (χ2n) is 16.1. The van der Waals surface area contributed by atoms with Crippen LogP contribution in [-0.2, 0) is 36.4 Å². The fraction of sp³-hybridized carbons (Fsp3) is 0.158. The maximum absolute atomic E-state index is 13.8. The van der Waals surface area contributed by atoms with E-state index in [0.29, 0.717) is 38.5 Å². The second kappa shape index (κ2) is 22.6. The number of aliphatic hydroxyl groups is 1. The predicted molar refractivity (Wildman–Crippen MR) is 262 cm³/mol. The molecule has 9 heteroatoms. The Kier molecular flexibility index (Phi) is 15.6. The monoisotopic (exact) mass is 894 g/mol. The van der Waals surface area contributed by atoms with Crippen molar-refractivity contribution in [2.24, 2.45) is 0 Å². The van der Waals surface area contributed by atoms with E-state index in [9.17, 15) is 13.5 Å². The normalized spacial score (nSPS) is 11.9. The number of anilines is 1. The van der Waals surface area contributed by atoms with Crippen molar-refractivity contribution in [3.05, 3.63) is 257 Å². The lowest BCUT2D eigenvalue weighted by Gasteiger charge is -2.33. The summed E-state index contributed by atoms with van der Waals surface area (Å²) in [4.78, 5) is 2.40. The van der Waals surface area contributed by atoms with E-state index in [1.54, 1.807) is 42.5 Å². The van der Waals surface area contributed by atoms with Crippen LogP contribution in [0.2, 0.25) is 0 Å². The third kappa shape index (κ3) is 12.5. The van der Waals surface area contributed by atoms with Gasteiger partial charge in [-0.3, -0.25) is 9.62 Å². The van der Waals surface area contributed by atoms with Crippen LogP contribution in [0.4, 0.5) is 5.69 Å². The van der Waals surface area contributed by atoms with Gasteiger partial charge in [-0.15, -0.1) is 0 Å². The number of hydrogen-bond donors (Lipinski definition) is 2. The summed E-state index contributed by atoms with van der Waals surface area (Å²) in [5, 5.41) is 11.3. The average Bonchev–Trinajstić information content (AvgIpc) is 3.37. The van der Waals surface area contributed by atoms with Gasteiger partial charge in [-0.25, -0.2) is 8.42 Å². The quantitative estimate of drug-likeness (QED) is 0.0699. The summed E-state index contributed by atoms with van der Waals surface area (Å²) in [6.45, 7) is 2.09. The molecule has 66 heavy (non-hydrogen) atoms. The number of nitrogens with zero attached hydrogens (tertiary/aromatic N) is 1. The van der Waals surface area contributed by atoms with E-state index in [1.807, 2.05) is 115 Å². The van der Waals surface area contributed by atoms with Crippen LogP contribution >= 0.6 is 0 Å². The van der Waals surface area contributed by atoms with Gasteiger partial charge in [-0.1, -0.05) is 170 Å². The molecule has 0 fully saturated rings. The second-order valence-corrected chi connectivity index (χ2v) is 17.8. The minimum atomic E-state index is -3.99. The third-order valence-electron chi connectivity index (χ3n) is 11.5. The zero-order valence-electron chi connectivity index (χ0n) is 36.7. The first-order chi connectivity index (χ1) is 32.4. The van der Waals surface area contributed by atoms with Gasteiger partial charge >= 0.3 is 0 Å². The van der Waals surface area contributed by atoms with Crippen LogP contribution in [0.15, 0.2) is 223 Å². The predicted octanol–water partition coefficient (Wildman–Crippen LogP) is 12.0. The number of rotatable bonds is 22. The molecule has 0 aromatic heterocycles. The van der Waals surface area contributed by atoms with Crippen LogP contribution in [0.25, 0.3) is 0 Å². The van der Waals surface area contributed by atoms with Crippen LogP contribution in [0.3, 0.4) is 0 Å². The van der Waals surface area contributed by atoms with Gasteiger partial charge in [0.15, 0.2) is 0 Å². The van der Waals surface area contributed by atoms with Crippen molar-refractivity contribution < 1.29 is 27.7 Å². The summed E-state index contributed by atoms with van der Waals surface area (Å²) in [5.74, 6) is 1.91. The molecule has 0 amide bonds. The van der Waals surface area contributed by atoms with Gasteiger partial charge in [0.05, 0.1) is 23.2 Å². The SMILES string of the molecule is O=S(=O)(Nc1cc([C@H](CO)N(CCC(c2ccc(OCc3ccccc3)cc2)c2ccc(OCc3ccccc3)cc2)Cc2ccccc2)ccc1OCc1ccccc1)c1ccccc1. The van der Waals surface area contributed by atoms with Crippen LogP contribution in [0.1, 0.15) is 57.3 Å². The highest BCUT2D eigenvalue weighted by Crippen LogP contribution is 2.36. The molecule has 8 aromatic carbocycles. The molecule has 0 radical (unpaired) electrons. The fourth-order valence-corrected chi connectivity index (χ4v) is 9.07. The van der Waals surface area contributed by atoms with E-state index in [-0.39, 0.29) is 29.7 Å². The van der Waals surface area contributed by atoms with Crippen molar-refractivity contribution in [2.75, 3.05) is 17.9 Å². The minimum Gasteiger partial charge on any atom is -0.489 e. The highest BCUT2D eigenvalue weighted by Gasteiger charge is 2.26. The highest BCUT2D eigenvalue weighted by atomic mass is 32.2. The Hall–Kier alpha value is -7.17. The molecule has 1 atom stereocenters. The Morgan fingerprint density at radius 1 is 0.485 bits per heavy atom. The summed E-state index contributed by atoms with van der Waals surface area (Å²) in [6.07, 6.45) is 0.698. The van der Waals surface area contributed by atoms with Crippen molar-refractivity contribution in [2.45, 2.75) is 49.6 Å². The van der Waals surface area contributed by atoms with Gasteiger partial charge in [0.1, 0.15) is 37.1 Å². The van der Waals surface area contributed by atoms with Gasteiger partial charge in [0.25, 0.3) is 10.0 Å². The Labute approximate surface area is 388 Å². The van der Waals surface area contributed by atoms with Crippen molar-refractivity contribution in [1.82, 2.24) is 4.90 Å². The molecule has 0 bridgehead atoms. The van der Waals surface area contributed by atoms with Crippen molar-refractivity contribution in [3.8, 4) is 17.2 Å². The first-order valence-corrected chi connectivity index (χ1v) is 23.7. The molecule has 0 saturated heterocycles. The van der Waals surface area contributed by atoms with Gasteiger partial charge < -0.3 is 19.3 Å². The van der Waals surface area contributed by atoms with E-state index < -0.39 is 16.1 Å². The molecule has 2 N–H and O–H groups in total. The molecule has 0 unspecified atom stereocenters. The molecule has 0 saturated carbocycles. The van der Waals surface area contributed by atoms with Crippen molar-refractivity contribution in [1.29, 1.82) is 0 Å². The number of benzene rings is 8. The summed E-state index contributed by atoms with van der Waals surface area (Å²) in [6, 6.07) is 70.1. The maximum atomic E-state index is 13.8. The minimum absolute atomic E-state index is 0.0315. The summed E-state index contributed by atoms with van der Waals surface area (Å²) >= 11 is 0. The Bertz CT molecular complexity index is 2710. The highest BCUT2D eigenvalue weighted by molar-refractivity contribution is 7.92. The van der Waals surface area contributed by atoms with Gasteiger partial charge in [0.2, 0.25) is 0 Å². The molecule has 0 heterocycles. The lowest BCUT2D eigenvalue weighted by Crippen LogP contribution is -2.32. The van der Waals surface area contributed by atoms with Crippen LogP contribution < -0.4 is 18.9 Å². The van der Waals surface area contributed by atoms with Crippen molar-refractivity contribution in [3.63, 3.8) is 0 Å². The first-order valence-electron chi connectivity index (χ1n) is 22.2. The number of ether oxygens (including phenoxy) is 3. The summed E-state index contributed by atoms with van der Waals surface area (Å²) in [7, 11) is -3.99. The molecular weight excluding hydrogens is 841 g/mol. The molecule has 0 aliphatic carbocycles. The average molecular weight is 895 g/mol. The van der Waals surface area contributed by atoms with Gasteiger partial charge in [-0.2, -0.15) is 0 Å². The molecule has 0 spiro atoms. The topological polar surface area (TPSA) is 97.3 Å². The zero-order chi connectivity index (χ0) is 45.4. The molecule has 334 valence electrons. The molecule has 8 nitrogen and oxygen atoms in total. The van der Waals surface area contributed by atoms with Crippen molar-refractivity contribution >= 4 is 15.7 Å². The number of hydrogen-bond acceptors (Lipinski definition) is 7. The van der Waals surface area contributed by atoms with E-state index in [2.05, 4.69) is 70.3 Å². The lowest BCUT2D eigenvalue weighted by atomic mass is 9.88. The Balaban J connectivity index is 1.09. The smallest absolute Gasteiger partial charge is 0.262 e. The van der Waals surface area contributed by atoms with Crippen LogP contribution in [0, 0.1) is 0 Å². The maximum Gasteiger partial charge on any atom is 0.262 e. The number of sulfonamides is 1. The molecule has 8 aromatic rings. The largest absolute Gasteiger partial charge is 0.489 e. The Morgan fingerprint density at radius 2 is 0.909 bits per heavy atom. The fourth-order valence-electron chi connectivity index (χ4n) is 7.99. The van der Waals surface area contributed by atoms with E-state index in [4.69, 9.17) is 14.2 Å². The van der Waals surface area contributed by atoms with Gasteiger partial charge in [-0.05, 0) is 93.9 Å².